The number of fused-ring (bicyclic) bond motifs is 3. The molecule has 0 radical (unpaired) electrons. The molecule has 1 unspecified atom stereocenters. The summed E-state index contributed by atoms with van der Waals surface area (Å²) in [5, 5.41) is 13.1. The highest BCUT2D eigenvalue weighted by Crippen LogP contribution is 2.34. The Morgan fingerprint density at radius 1 is 1.19 bits per heavy atom. The molecule has 0 saturated carbocycles. The van der Waals surface area contributed by atoms with E-state index in [2.05, 4.69) is 5.32 Å². The number of rotatable bonds is 5. The standard InChI is InChI=1S/C20H21NO6/c1-5-13(19(23)24)21-15(22)7-12-11(4)17-14(27-20(12)25)6-9(2)16-10(3)8-26-18(16)17/h6,8,13H,5,7H2,1-4H3,(H,21,22)(H,23,24). The Morgan fingerprint density at radius 3 is 2.52 bits per heavy atom. The second-order valence-corrected chi connectivity index (χ2v) is 6.73. The van der Waals surface area contributed by atoms with Gasteiger partial charge in [-0.05, 0) is 49.9 Å². The topological polar surface area (TPSA) is 110 Å². The van der Waals surface area contributed by atoms with Gasteiger partial charge < -0.3 is 19.3 Å². The number of aliphatic carboxylic acids is 1. The van der Waals surface area contributed by atoms with E-state index in [1.54, 1.807) is 26.2 Å². The van der Waals surface area contributed by atoms with E-state index in [0.29, 0.717) is 22.1 Å². The Balaban J connectivity index is 2.10. The van der Waals surface area contributed by atoms with Crippen LogP contribution in [-0.4, -0.2) is 23.0 Å². The maximum atomic E-state index is 12.4. The fourth-order valence-electron chi connectivity index (χ4n) is 3.42. The molecule has 0 aliphatic heterocycles. The number of nitrogens with one attached hydrogen (secondary N) is 1. The molecule has 0 bridgehead atoms. The van der Waals surface area contributed by atoms with E-state index in [1.807, 2.05) is 13.8 Å². The molecular weight excluding hydrogens is 350 g/mol. The number of carbonyl (C=O) groups excluding carboxylic acids is 1. The first-order valence-electron chi connectivity index (χ1n) is 8.70. The molecule has 0 aliphatic rings. The number of carbonyl (C=O) groups is 2. The Morgan fingerprint density at radius 2 is 1.89 bits per heavy atom. The van der Waals surface area contributed by atoms with Crippen LogP contribution in [0.25, 0.3) is 21.9 Å². The van der Waals surface area contributed by atoms with Crippen molar-refractivity contribution in [3.05, 3.63) is 45.0 Å². The lowest BCUT2D eigenvalue weighted by molar-refractivity contribution is -0.141. The maximum absolute atomic E-state index is 12.4. The molecule has 142 valence electrons. The van der Waals surface area contributed by atoms with Gasteiger partial charge in [-0.25, -0.2) is 9.59 Å². The molecule has 0 spiro atoms. The van der Waals surface area contributed by atoms with Crippen LogP contribution in [0, 0.1) is 20.8 Å². The highest BCUT2D eigenvalue weighted by Gasteiger charge is 2.22. The number of carboxylic acids is 1. The Kier molecular flexibility index (Phi) is 4.78. The predicted octanol–water partition coefficient (Wildman–Crippen LogP) is 2.99. The molecule has 7 nitrogen and oxygen atoms in total. The largest absolute Gasteiger partial charge is 0.480 e. The summed E-state index contributed by atoms with van der Waals surface area (Å²) in [5.41, 5.74) is 3.10. The van der Waals surface area contributed by atoms with Crippen LogP contribution in [0.15, 0.2) is 26.0 Å². The molecule has 2 N–H and O–H groups in total. The minimum Gasteiger partial charge on any atom is -0.480 e. The highest BCUT2D eigenvalue weighted by atomic mass is 16.4. The summed E-state index contributed by atoms with van der Waals surface area (Å²) in [6.45, 7) is 7.25. The second kappa shape index (κ2) is 6.90. The second-order valence-electron chi connectivity index (χ2n) is 6.73. The Hall–Kier alpha value is -3.09. The van der Waals surface area contributed by atoms with E-state index >= 15 is 0 Å². The molecule has 0 aliphatic carbocycles. The van der Waals surface area contributed by atoms with Crippen molar-refractivity contribution in [2.75, 3.05) is 0 Å². The summed E-state index contributed by atoms with van der Waals surface area (Å²) in [6, 6.07) is 0.795. The van der Waals surface area contributed by atoms with Crippen LogP contribution in [-0.2, 0) is 16.0 Å². The number of carboxylic acid groups (broad SMARTS) is 1. The van der Waals surface area contributed by atoms with Crippen molar-refractivity contribution < 1.29 is 23.5 Å². The van der Waals surface area contributed by atoms with E-state index in [4.69, 9.17) is 13.9 Å². The molecule has 2 aromatic heterocycles. The molecule has 1 aromatic carbocycles. The SMILES string of the molecule is CCC(NC(=O)Cc1c(C)c2c(cc(C)c3c(C)coc32)oc1=O)C(=O)O. The fraction of sp³-hybridized carbons (Fsp3) is 0.350. The van der Waals surface area contributed by atoms with Gasteiger partial charge in [0.25, 0.3) is 0 Å². The number of furan rings is 1. The number of aryl methyl sites for hydroxylation is 3. The highest BCUT2D eigenvalue weighted by molar-refractivity contribution is 6.07. The normalized spacial score (nSPS) is 12.4. The average Bonchev–Trinajstić information content (AvgIpc) is 2.98. The van der Waals surface area contributed by atoms with Crippen molar-refractivity contribution in [2.24, 2.45) is 0 Å². The van der Waals surface area contributed by atoms with Crippen molar-refractivity contribution in [1.82, 2.24) is 5.32 Å². The van der Waals surface area contributed by atoms with Gasteiger partial charge in [0.2, 0.25) is 5.91 Å². The van der Waals surface area contributed by atoms with E-state index in [1.165, 1.54) is 0 Å². The molecule has 27 heavy (non-hydrogen) atoms. The van der Waals surface area contributed by atoms with Gasteiger partial charge in [-0.1, -0.05) is 6.92 Å². The quantitative estimate of drug-likeness (QED) is 0.667. The lowest BCUT2D eigenvalue weighted by Crippen LogP contribution is -2.41. The van der Waals surface area contributed by atoms with Crippen LogP contribution in [0.3, 0.4) is 0 Å². The summed E-state index contributed by atoms with van der Waals surface area (Å²) in [5.74, 6) is -1.66. The van der Waals surface area contributed by atoms with Crippen LogP contribution >= 0.6 is 0 Å². The maximum Gasteiger partial charge on any atom is 0.340 e. The van der Waals surface area contributed by atoms with Crippen LogP contribution in [0.1, 0.15) is 35.6 Å². The van der Waals surface area contributed by atoms with Gasteiger partial charge >= 0.3 is 11.6 Å². The van der Waals surface area contributed by atoms with Crippen LogP contribution in [0.2, 0.25) is 0 Å². The summed E-state index contributed by atoms with van der Waals surface area (Å²) < 4.78 is 11.1. The third-order valence-corrected chi connectivity index (χ3v) is 4.85. The smallest absolute Gasteiger partial charge is 0.340 e. The third kappa shape index (κ3) is 3.20. The van der Waals surface area contributed by atoms with Gasteiger partial charge in [0.1, 0.15) is 17.2 Å². The molecular formula is C20H21NO6. The summed E-state index contributed by atoms with van der Waals surface area (Å²) in [6.07, 6.45) is 1.63. The lowest BCUT2D eigenvalue weighted by atomic mass is 9.98. The first kappa shape index (κ1) is 18.7. The summed E-state index contributed by atoms with van der Waals surface area (Å²) in [4.78, 5) is 35.8. The lowest BCUT2D eigenvalue weighted by Gasteiger charge is -2.13. The number of hydrogen-bond donors (Lipinski definition) is 2. The Labute approximate surface area is 155 Å². The van der Waals surface area contributed by atoms with Crippen LogP contribution in [0.5, 0.6) is 0 Å². The number of amides is 1. The molecule has 3 rings (SSSR count). The minimum atomic E-state index is -1.11. The van der Waals surface area contributed by atoms with Gasteiger partial charge in [0, 0.05) is 5.39 Å². The third-order valence-electron chi connectivity index (χ3n) is 4.85. The molecule has 7 heteroatoms. The zero-order chi connectivity index (χ0) is 19.9. The summed E-state index contributed by atoms with van der Waals surface area (Å²) >= 11 is 0. The first-order chi connectivity index (χ1) is 12.7. The van der Waals surface area contributed by atoms with E-state index in [0.717, 1.165) is 16.5 Å². The van der Waals surface area contributed by atoms with Gasteiger partial charge in [0.15, 0.2) is 0 Å². The molecule has 0 saturated heterocycles. The van der Waals surface area contributed by atoms with Gasteiger partial charge in [-0.3, -0.25) is 4.79 Å². The Bertz CT molecular complexity index is 1120. The van der Waals surface area contributed by atoms with Crippen LogP contribution < -0.4 is 10.9 Å². The van der Waals surface area contributed by atoms with Gasteiger partial charge in [0.05, 0.1) is 23.6 Å². The number of hydrogen-bond acceptors (Lipinski definition) is 5. The number of benzene rings is 1. The molecule has 3 aromatic rings. The predicted molar refractivity (Wildman–Crippen MR) is 100 cm³/mol. The van der Waals surface area contributed by atoms with Crippen LogP contribution in [0.4, 0.5) is 0 Å². The van der Waals surface area contributed by atoms with Gasteiger partial charge in [-0.2, -0.15) is 0 Å². The minimum absolute atomic E-state index is 0.194. The fourth-order valence-corrected chi connectivity index (χ4v) is 3.42. The zero-order valence-corrected chi connectivity index (χ0v) is 15.6. The average molecular weight is 371 g/mol. The first-order valence-corrected chi connectivity index (χ1v) is 8.70. The molecule has 1 atom stereocenters. The zero-order valence-electron chi connectivity index (χ0n) is 15.6. The van der Waals surface area contributed by atoms with Crippen molar-refractivity contribution in [2.45, 2.75) is 46.6 Å². The molecule has 2 heterocycles. The van der Waals surface area contributed by atoms with Crippen molar-refractivity contribution >= 4 is 33.8 Å². The van der Waals surface area contributed by atoms with Gasteiger partial charge in [-0.15, -0.1) is 0 Å². The molecule has 0 fully saturated rings. The van der Waals surface area contributed by atoms with Crippen molar-refractivity contribution in [1.29, 1.82) is 0 Å². The molecule has 1 amide bonds. The van der Waals surface area contributed by atoms with E-state index < -0.39 is 23.5 Å². The monoisotopic (exact) mass is 371 g/mol. The van der Waals surface area contributed by atoms with E-state index in [-0.39, 0.29) is 18.4 Å². The van der Waals surface area contributed by atoms with Crippen molar-refractivity contribution in [3.63, 3.8) is 0 Å². The summed E-state index contributed by atoms with van der Waals surface area (Å²) in [7, 11) is 0. The van der Waals surface area contributed by atoms with E-state index in [9.17, 15) is 14.4 Å². The van der Waals surface area contributed by atoms with Crippen molar-refractivity contribution in [3.8, 4) is 0 Å².